The molecule has 0 aromatic heterocycles. The number of ketones is 1. The number of halogens is 1. The van der Waals surface area contributed by atoms with Gasteiger partial charge in [0.1, 0.15) is 5.82 Å². The van der Waals surface area contributed by atoms with Crippen molar-refractivity contribution in [3.63, 3.8) is 0 Å². The molecule has 0 spiro atoms. The molecule has 2 aromatic carbocycles. The fourth-order valence-electron chi connectivity index (χ4n) is 2.87. The third-order valence-electron chi connectivity index (χ3n) is 4.26. The zero-order chi connectivity index (χ0) is 16.1. The van der Waals surface area contributed by atoms with Crippen molar-refractivity contribution in [2.45, 2.75) is 12.8 Å². The van der Waals surface area contributed by atoms with Crippen LogP contribution in [0.5, 0.6) is 0 Å². The smallest absolute Gasteiger partial charge is 0.164 e. The quantitative estimate of drug-likeness (QED) is 0.772. The molecule has 0 saturated heterocycles. The van der Waals surface area contributed by atoms with Gasteiger partial charge in [0, 0.05) is 31.6 Å². The van der Waals surface area contributed by atoms with Crippen LogP contribution < -0.4 is 0 Å². The molecule has 118 valence electrons. The number of carbonyl (C=O) groups is 1. The van der Waals surface area contributed by atoms with Crippen LogP contribution in [0.3, 0.4) is 0 Å². The highest BCUT2D eigenvalue weighted by atomic mass is 19.1. The first-order valence-electron chi connectivity index (χ1n) is 7.98. The second kappa shape index (κ2) is 7.34. The van der Waals surface area contributed by atoms with E-state index < -0.39 is 0 Å². The van der Waals surface area contributed by atoms with E-state index in [0.29, 0.717) is 6.42 Å². The predicted octanol–water partition coefficient (Wildman–Crippen LogP) is 4.19. The van der Waals surface area contributed by atoms with E-state index in [9.17, 15) is 9.18 Å². The molecule has 1 aliphatic heterocycles. The topological polar surface area (TPSA) is 20.3 Å². The highest BCUT2D eigenvalue weighted by Gasteiger charge is 2.14. The number of benzene rings is 2. The molecule has 0 amide bonds. The summed E-state index contributed by atoms with van der Waals surface area (Å²) in [6.07, 6.45) is 3.67. The second-order valence-corrected chi connectivity index (χ2v) is 5.83. The van der Waals surface area contributed by atoms with Crippen LogP contribution in [0.25, 0.3) is 5.57 Å². The van der Waals surface area contributed by atoms with Crippen molar-refractivity contribution < 1.29 is 9.18 Å². The average Bonchev–Trinajstić information content (AvgIpc) is 2.61. The molecule has 3 heteroatoms. The summed E-state index contributed by atoms with van der Waals surface area (Å²) in [4.78, 5) is 14.4. The Morgan fingerprint density at radius 3 is 2.43 bits per heavy atom. The molecule has 3 rings (SSSR count). The highest BCUT2D eigenvalue weighted by molar-refractivity contribution is 5.96. The lowest BCUT2D eigenvalue weighted by atomic mass is 9.99. The Balaban J connectivity index is 1.53. The summed E-state index contributed by atoms with van der Waals surface area (Å²) in [6.45, 7) is 2.56. The van der Waals surface area contributed by atoms with Crippen LogP contribution in [0.15, 0.2) is 60.7 Å². The Labute approximate surface area is 136 Å². The summed E-state index contributed by atoms with van der Waals surface area (Å²) in [5.74, 6) is -0.00915. The second-order valence-electron chi connectivity index (χ2n) is 5.83. The van der Waals surface area contributed by atoms with Crippen LogP contribution in [-0.2, 0) is 0 Å². The number of carbonyl (C=O) groups excluding carboxylic acids is 1. The van der Waals surface area contributed by atoms with E-state index in [-0.39, 0.29) is 11.6 Å². The Kier molecular flexibility index (Phi) is 4.99. The summed E-state index contributed by atoms with van der Waals surface area (Å²) < 4.78 is 13.0. The molecular formula is C20H20FNO. The molecule has 0 atom stereocenters. The third kappa shape index (κ3) is 4.14. The molecule has 0 saturated carbocycles. The Morgan fingerprint density at radius 1 is 1.04 bits per heavy atom. The van der Waals surface area contributed by atoms with E-state index in [0.717, 1.165) is 37.2 Å². The van der Waals surface area contributed by atoms with Crippen molar-refractivity contribution in [3.05, 3.63) is 77.6 Å². The zero-order valence-electron chi connectivity index (χ0n) is 13.0. The monoisotopic (exact) mass is 309 g/mol. The summed E-state index contributed by atoms with van der Waals surface area (Å²) >= 11 is 0. The Bertz CT molecular complexity index is 691. The normalized spacial score (nSPS) is 15.3. The van der Waals surface area contributed by atoms with E-state index in [1.54, 1.807) is 0 Å². The lowest BCUT2D eigenvalue weighted by Gasteiger charge is -2.26. The molecule has 0 unspecified atom stereocenters. The van der Waals surface area contributed by atoms with Crippen molar-refractivity contribution >= 4 is 11.4 Å². The molecule has 0 radical (unpaired) electrons. The van der Waals surface area contributed by atoms with Gasteiger partial charge in [-0.25, -0.2) is 4.39 Å². The van der Waals surface area contributed by atoms with Crippen LogP contribution in [0.1, 0.15) is 28.8 Å². The summed E-state index contributed by atoms with van der Waals surface area (Å²) in [5.41, 5.74) is 3.13. The van der Waals surface area contributed by atoms with Gasteiger partial charge in [0.15, 0.2) is 5.78 Å². The predicted molar refractivity (Wildman–Crippen MR) is 90.8 cm³/mol. The largest absolute Gasteiger partial charge is 0.299 e. The van der Waals surface area contributed by atoms with Gasteiger partial charge in [-0.3, -0.25) is 9.69 Å². The Morgan fingerprint density at radius 2 is 1.78 bits per heavy atom. The van der Waals surface area contributed by atoms with Crippen molar-refractivity contribution in [2.24, 2.45) is 0 Å². The van der Waals surface area contributed by atoms with E-state index in [2.05, 4.69) is 11.0 Å². The number of hydrogen-bond acceptors (Lipinski definition) is 2. The molecule has 0 fully saturated rings. The minimum atomic E-state index is -0.203. The van der Waals surface area contributed by atoms with Crippen LogP contribution in [0.4, 0.5) is 4.39 Å². The van der Waals surface area contributed by atoms with Gasteiger partial charge in [-0.05, 0) is 29.7 Å². The van der Waals surface area contributed by atoms with Crippen molar-refractivity contribution in [1.29, 1.82) is 0 Å². The first-order chi connectivity index (χ1) is 11.2. The fraction of sp³-hybridized carbons (Fsp3) is 0.250. The molecule has 0 aliphatic carbocycles. The Hall–Kier alpha value is -2.26. The summed E-state index contributed by atoms with van der Waals surface area (Å²) in [6, 6.07) is 16.1. The lowest BCUT2D eigenvalue weighted by Crippen LogP contribution is -2.30. The minimum absolute atomic E-state index is 0.193. The van der Waals surface area contributed by atoms with E-state index in [1.807, 2.05) is 42.5 Å². The lowest BCUT2D eigenvalue weighted by molar-refractivity contribution is 0.0966. The van der Waals surface area contributed by atoms with Crippen LogP contribution in [-0.4, -0.2) is 30.3 Å². The van der Waals surface area contributed by atoms with Gasteiger partial charge < -0.3 is 0 Å². The van der Waals surface area contributed by atoms with E-state index in [4.69, 9.17) is 0 Å². The molecule has 0 bridgehead atoms. The maximum Gasteiger partial charge on any atom is 0.164 e. The van der Waals surface area contributed by atoms with Gasteiger partial charge in [0.05, 0.1) is 0 Å². The van der Waals surface area contributed by atoms with Gasteiger partial charge in [-0.2, -0.15) is 0 Å². The van der Waals surface area contributed by atoms with Crippen molar-refractivity contribution in [1.82, 2.24) is 4.90 Å². The van der Waals surface area contributed by atoms with Gasteiger partial charge in [0.25, 0.3) is 0 Å². The molecule has 2 nitrogen and oxygen atoms in total. The third-order valence-corrected chi connectivity index (χ3v) is 4.26. The van der Waals surface area contributed by atoms with Gasteiger partial charge in [-0.15, -0.1) is 0 Å². The number of Topliss-reactive ketones (excluding diaryl/α,β-unsaturated/α-hetero) is 1. The standard InChI is InChI=1S/C20H20FNO/c21-19-8-6-16(7-9-19)17-10-13-22(14-11-17)15-12-20(23)18-4-2-1-3-5-18/h1-10H,11-15H2. The highest BCUT2D eigenvalue weighted by Crippen LogP contribution is 2.22. The van der Waals surface area contributed by atoms with Gasteiger partial charge in [-0.1, -0.05) is 48.5 Å². The molecule has 23 heavy (non-hydrogen) atoms. The number of rotatable bonds is 5. The van der Waals surface area contributed by atoms with E-state index in [1.165, 1.54) is 17.7 Å². The van der Waals surface area contributed by atoms with Crippen molar-refractivity contribution in [2.75, 3.05) is 19.6 Å². The molecule has 1 aliphatic rings. The van der Waals surface area contributed by atoms with Crippen LogP contribution in [0.2, 0.25) is 0 Å². The summed E-state index contributed by atoms with van der Waals surface area (Å²) in [5, 5.41) is 0. The molecule has 2 aromatic rings. The summed E-state index contributed by atoms with van der Waals surface area (Å²) in [7, 11) is 0. The fourth-order valence-corrected chi connectivity index (χ4v) is 2.87. The van der Waals surface area contributed by atoms with Gasteiger partial charge >= 0.3 is 0 Å². The van der Waals surface area contributed by atoms with Crippen LogP contribution in [0, 0.1) is 5.82 Å². The van der Waals surface area contributed by atoms with E-state index >= 15 is 0 Å². The zero-order valence-corrected chi connectivity index (χ0v) is 13.0. The van der Waals surface area contributed by atoms with Gasteiger partial charge in [0.2, 0.25) is 0 Å². The first-order valence-corrected chi connectivity index (χ1v) is 7.98. The minimum Gasteiger partial charge on any atom is -0.299 e. The molecular weight excluding hydrogens is 289 g/mol. The van der Waals surface area contributed by atoms with Crippen LogP contribution >= 0.6 is 0 Å². The first kappa shape index (κ1) is 15.6. The molecule has 0 N–H and O–H groups in total. The number of nitrogens with zero attached hydrogens (tertiary/aromatic N) is 1. The maximum absolute atomic E-state index is 13.0. The maximum atomic E-state index is 13.0. The van der Waals surface area contributed by atoms with Crippen molar-refractivity contribution in [3.8, 4) is 0 Å². The number of hydrogen-bond donors (Lipinski definition) is 0. The molecule has 1 heterocycles. The SMILES string of the molecule is O=C(CCN1CC=C(c2ccc(F)cc2)CC1)c1ccccc1. The average molecular weight is 309 g/mol.